The minimum Gasteiger partial charge on any atom is -0.445 e. The molecule has 0 bridgehead atoms. The average molecular weight is 604 g/mol. The number of alkyl carbamates (subject to hydrolysis) is 1. The van der Waals surface area contributed by atoms with Gasteiger partial charge in [0.05, 0.1) is 6.61 Å². The third-order valence-electron chi connectivity index (χ3n) is 6.45. The third-order valence-corrected chi connectivity index (χ3v) is 6.45. The van der Waals surface area contributed by atoms with E-state index in [1.807, 2.05) is 30.3 Å². The summed E-state index contributed by atoms with van der Waals surface area (Å²) in [6.07, 6.45) is 0.939. The van der Waals surface area contributed by atoms with Crippen molar-refractivity contribution in [3.63, 3.8) is 0 Å². The number of hydrogen-bond acceptors (Lipinski definition) is 7. The lowest BCUT2D eigenvalue weighted by Crippen LogP contribution is -2.53. The molecule has 0 saturated carbocycles. The molecule has 1 aliphatic rings. The lowest BCUT2D eigenvalue weighted by Gasteiger charge is -2.26. The van der Waals surface area contributed by atoms with Crippen LogP contribution in [0.5, 0.6) is 0 Å². The molecule has 1 aliphatic heterocycles. The van der Waals surface area contributed by atoms with Crippen molar-refractivity contribution >= 4 is 47.9 Å². The van der Waals surface area contributed by atoms with E-state index in [2.05, 4.69) is 20.9 Å². The van der Waals surface area contributed by atoms with Crippen LogP contribution in [-0.2, 0) is 32.3 Å². The van der Waals surface area contributed by atoms with E-state index in [0.717, 1.165) is 5.56 Å². The van der Waals surface area contributed by atoms with Crippen molar-refractivity contribution in [2.24, 2.45) is 16.5 Å². The molecular formula is C28H38ClN7O6. The number of nitrogens with one attached hydrogen (secondary N) is 3. The van der Waals surface area contributed by atoms with Crippen molar-refractivity contribution in [1.82, 2.24) is 15.5 Å². The fourth-order valence-corrected chi connectivity index (χ4v) is 4.32. The van der Waals surface area contributed by atoms with Crippen LogP contribution >= 0.6 is 12.4 Å². The standard InChI is InChI=1S/C28H37N7O6.ClH/c29-27(30)31-14-4-8-22(25(38)33-21-12-10-19(17-36)11-13-21)34-26(39)23-9-5-15-35(23)24(37)16-32-28(40)41-18-20-6-2-1-3-7-20;/h1-3,6-7,10-13,22-23,36H,4-5,8-9,14-18H2,(H,32,40)(H,33,38)(H,34,39)(H4,29,30,31);1H. The second kappa shape index (κ2) is 17.5. The summed E-state index contributed by atoms with van der Waals surface area (Å²) in [5, 5.41) is 17.2. The Morgan fingerprint density at radius 1 is 1.05 bits per heavy atom. The van der Waals surface area contributed by atoms with Gasteiger partial charge >= 0.3 is 6.09 Å². The van der Waals surface area contributed by atoms with E-state index in [0.29, 0.717) is 37.1 Å². The Morgan fingerprint density at radius 3 is 2.43 bits per heavy atom. The van der Waals surface area contributed by atoms with Crippen molar-refractivity contribution in [3.05, 3.63) is 65.7 Å². The van der Waals surface area contributed by atoms with Gasteiger partial charge in [-0.25, -0.2) is 4.79 Å². The number of aliphatic hydroxyl groups is 1. The fourth-order valence-electron chi connectivity index (χ4n) is 4.32. The summed E-state index contributed by atoms with van der Waals surface area (Å²) in [7, 11) is 0. The van der Waals surface area contributed by atoms with E-state index in [1.54, 1.807) is 24.3 Å². The molecule has 4 amide bonds. The molecule has 8 N–H and O–H groups in total. The monoisotopic (exact) mass is 603 g/mol. The molecule has 2 unspecified atom stereocenters. The van der Waals surface area contributed by atoms with Crippen molar-refractivity contribution in [3.8, 4) is 0 Å². The molecule has 3 rings (SSSR count). The van der Waals surface area contributed by atoms with E-state index in [9.17, 15) is 24.3 Å². The van der Waals surface area contributed by atoms with E-state index in [1.165, 1.54) is 4.90 Å². The zero-order valence-electron chi connectivity index (χ0n) is 23.2. The zero-order chi connectivity index (χ0) is 29.6. The van der Waals surface area contributed by atoms with Crippen molar-refractivity contribution in [2.75, 3.05) is 25.0 Å². The van der Waals surface area contributed by atoms with Crippen molar-refractivity contribution < 1.29 is 29.0 Å². The van der Waals surface area contributed by atoms with Crippen LogP contribution in [0.2, 0.25) is 0 Å². The summed E-state index contributed by atoms with van der Waals surface area (Å²) in [6.45, 7) is 0.222. The van der Waals surface area contributed by atoms with Crippen molar-refractivity contribution in [1.29, 1.82) is 0 Å². The maximum absolute atomic E-state index is 13.3. The molecule has 0 spiro atoms. The van der Waals surface area contributed by atoms with Gasteiger partial charge in [0.15, 0.2) is 5.96 Å². The molecule has 42 heavy (non-hydrogen) atoms. The van der Waals surface area contributed by atoms with Crippen LogP contribution in [-0.4, -0.2) is 71.5 Å². The summed E-state index contributed by atoms with van der Waals surface area (Å²) in [5.74, 6) is -1.42. The molecular weight excluding hydrogens is 566 g/mol. The molecule has 2 atom stereocenters. The van der Waals surface area contributed by atoms with Crippen molar-refractivity contribution in [2.45, 2.75) is 51.0 Å². The SMILES string of the molecule is Cl.NC(N)=NCCCC(NC(=O)C1CCCN1C(=O)CNC(=O)OCc1ccccc1)C(=O)Nc1ccc(CO)cc1. The third kappa shape index (κ3) is 10.9. The number of carbonyl (C=O) groups excluding carboxylic acids is 4. The Labute approximate surface area is 250 Å². The number of anilines is 1. The maximum Gasteiger partial charge on any atom is 0.407 e. The summed E-state index contributed by atoms with van der Waals surface area (Å²) in [5.41, 5.74) is 12.8. The van der Waals surface area contributed by atoms with Crippen LogP contribution in [0.3, 0.4) is 0 Å². The molecule has 14 heteroatoms. The number of nitrogens with zero attached hydrogens (tertiary/aromatic N) is 2. The van der Waals surface area contributed by atoms with Gasteiger partial charge in [0.2, 0.25) is 17.7 Å². The Kier molecular flexibility index (Phi) is 14.1. The van der Waals surface area contributed by atoms with Crippen LogP contribution in [0.4, 0.5) is 10.5 Å². The minimum absolute atomic E-state index is 0. The van der Waals surface area contributed by atoms with E-state index in [-0.39, 0.29) is 51.1 Å². The number of rotatable bonds is 13. The highest BCUT2D eigenvalue weighted by Gasteiger charge is 2.35. The highest BCUT2D eigenvalue weighted by molar-refractivity contribution is 5.98. The van der Waals surface area contributed by atoms with Gasteiger partial charge in [-0.15, -0.1) is 12.4 Å². The number of hydrogen-bond donors (Lipinski definition) is 6. The number of carbonyl (C=O) groups is 4. The van der Waals surface area contributed by atoms with E-state index in [4.69, 9.17) is 16.2 Å². The lowest BCUT2D eigenvalue weighted by atomic mass is 10.1. The minimum atomic E-state index is -0.919. The van der Waals surface area contributed by atoms with Crippen LogP contribution in [0.15, 0.2) is 59.6 Å². The quantitative estimate of drug-likeness (QED) is 0.110. The van der Waals surface area contributed by atoms with Crippen LogP contribution in [0.25, 0.3) is 0 Å². The predicted octanol–water partition coefficient (Wildman–Crippen LogP) is 0.995. The summed E-state index contributed by atoms with van der Waals surface area (Å²) in [4.78, 5) is 56.6. The predicted molar refractivity (Wildman–Crippen MR) is 159 cm³/mol. The van der Waals surface area contributed by atoms with Gasteiger partial charge in [0, 0.05) is 18.8 Å². The lowest BCUT2D eigenvalue weighted by molar-refractivity contribution is -0.138. The molecule has 0 aromatic heterocycles. The van der Waals surface area contributed by atoms with Gasteiger partial charge in [-0.1, -0.05) is 42.5 Å². The van der Waals surface area contributed by atoms with Gasteiger partial charge in [-0.3, -0.25) is 19.4 Å². The number of aliphatic imine (C=N–C) groups is 1. The first-order valence-electron chi connectivity index (χ1n) is 13.4. The van der Waals surface area contributed by atoms with Gasteiger partial charge in [-0.2, -0.15) is 0 Å². The molecule has 0 aliphatic carbocycles. The van der Waals surface area contributed by atoms with Gasteiger partial charge in [0.1, 0.15) is 25.2 Å². The number of benzene rings is 2. The van der Waals surface area contributed by atoms with Gasteiger partial charge in [-0.05, 0) is 48.9 Å². The molecule has 13 nitrogen and oxygen atoms in total. The number of guanidine groups is 1. The molecule has 1 saturated heterocycles. The summed E-state index contributed by atoms with van der Waals surface area (Å²) >= 11 is 0. The highest BCUT2D eigenvalue weighted by Crippen LogP contribution is 2.18. The van der Waals surface area contributed by atoms with Gasteiger partial charge in [0.25, 0.3) is 0 Å². The number of nitrogens with two attached hydrogens (primary N) is 2. The topological polar surface area (TPSA) is 201 Å². The highest BCUT2D eigenvalue weighted by atomic mass is 35.5. The Morgan fingerprint density at radius 2 is 1.76 bits per heavy atom. The first-order chi connectivity index (χ1) is 19.8. The Bertz CT molecular complexity index is 1210. The second-order valence-corrected chi connectivity index (χ2v) is 9.51. The van der Waals surface area contributed by atoms with E-state index < -0.39 is 35.9 Å². The summed E-state index contributed by atoms with van der Waals surface area (Å²) < 4.78 is 5.14. The molecule has 0 radical (unpaired) electrons. The number of likely N-dealkylation sites (tertiary alicyclic amines) is 1. The van der Waals surface area contributed by atoms with E-state index >= 15 is 0 Å². The number of aliphatic hydroxyl groups excluding tert-OH is 1. The number of amides is 4. The fraction of sp³-hybridized carbons (Fsp3) is 0.393. The smallest absolute Gasteiger partial charge is 0.407 e. The molecule has 2 aromatic carbocycles. The molecule has 1 fully saturated rings. The summed E-state index contributed by atoms with van der Waals surface area (Å²) in [6, 6.07) is 14.1. The molecule has 228 valence electrons. The number of ether oxygens (including phenoxy) is 1. The first-order valence-corrected chi connectivity index (χ1v) is 13.4. The Hall–Kier alpha value is -4.36. The van der Waals surface area contributed by atoms with Crippen LogP contribution < -0.4 is 27.4 Å². The first kappa shape index (κ1) is 33.8. The number of halogens is 1. The molecule has 2 aromatic rings. The zero-order valence-corrected chi connectivity index (χ0v) is 24.0. The second-order valence-electron chi connectivity index (χ2n) is 9.51. The average Bonchev–Trinajstić information content (AvgIpc) is 3.47. The largest absolute Gasteiger partial charge is 0.445 e. The van der Waals surface area contributed by atoms with Crippen LogP contribution in [0, 0.1) is 0 Å². The normalized spacial score (nSPS) is 14.6. The maximum atomic E-state index is 13.3. The molecule has 1 heterocycles. The Balaban J connectivity index is 0.00000616. The van der Waals surface area contributed by atoms with Gasteiger partial charge < -0.3 is 42.2 Å². The van der Waals surface area contributed by atoms with Crippen LogP contribution in [0.1, 0.15) is 36.8 Å².